The topological polar surface area (TPSA) is 25.4 Å². The van der Waals surface area contributed by atoms with Gasteiger partial charge in [0.1, 0.15) is 5.75 Å². The summed E-state index contributed by atoms with van der Waals surface area (Å²) >= 11 is 0. The van der Waals surface area contributed by atoms with Crippen molar-refractivity contribution in [2.45, 2.75) is 26.2 Å². The Bertz CT molecular complexity index is 397. The molecule has 0 spiro atoms. The number of piperidine rings is 1. The molecule has 0 amide bonds. The summed E-state index contributed by atoms with van der Waals surface area (Å²) in [6.45, 7) is 10.2. The van der Waals surface area contributed by atoms with Crippen molar-refractivity contribution in [3.8, 4) is 5.75 Å². The third kappa shape index (κ3) is 4.35. The smallest absolute Gasteiger partial charge is 0.125 e. The molecule has 3 heteroatoms. The summed E-state index contributed by atoms with van der Waals surface area (Å²) in [4.78, 5) is 6.61. The highest BCUT2D eigenvalue weighted by Gasteiger charge is 2.19. The molecule has 2 heterocycles. The molecule has 1 aliphatic heterocycles. The maximum absolute atomic E-state index is 5.92. The van der Waals surface area contributed by atoms with Gasteiger partial charge in [-0.25, -0.2) is 0 Å². The molecule has 0 aromatic carbocycles. The second-order valence-corrected chi connectivity index (χ2v) is 5.31. The number of likely N-dealkylation sites (tertiary alicyclic amines) is 1. The molecular formula is C16H24N2O. The van der Waals surface area contributed by atoms with Crippen molar-refractivity contribution >= 4 is 0 Å². The Hall–Kier alpha value is -1.35. The summed E-state index contributed by atoms with van der Waals surface area (Å²) < 4.78 is 5.92. The zero-order valence-electron chi connectivity index (χ0n) is 11.8. The molecule has 1 fully saturated rings. The Balaban J connectivity index is 1.71. The van der Waals surface area contributed by atoms with Gasteiger partial charge >= 0.3 is 0 Å². The molecule has 1 aromatic heterocycles. The van der Waals surface area contributed by atoms with E-state index in [1.165, 1.54) is 25.9 Å². The summed E-state index contributed by atoms with van der Waals surface area (Å²) in [6, 6.07) is 1.95. The normalized spacial score (nSPS) is 17.3. The van der Waals surface area contributed by atoms with E-state index in [1.54, 1.807) is 6.20 Å². The molecular weight excluding hydrogens is 236 g/mol. The van der Waals surface area contributed by atoms with E-state index >= 15 is 0 Å². The Morgan fingerprint density at radius 2 is 2.26 bits per heavy atom. The van der Waals surface area contributed by atoms with Gasteiger partial charge in [-0.05, 0) is 51.3 Å². The van der Waals surface area contributed by atoms with Gasteiger partial charge in [-0.2, -0.15) is 0 Å². The minimum absolute atomic E-state index is 0.688. The van der Waals surface area contributed by atoms with Gasteiger partial charge in [0.15, 0.2) is 0 Å². The molecule has 0 unspecified atom stereocenters. The van der Waals surface area contributed by atoms with Crippen LogP contribution in [-0.4, -0.2) is 36.1 Å². The highest BCUT2D eigenvalue weighted by Crippen LogP contribution is 2.21. The van der Waals surface area contributed by atoms with Crippen molar-refractivity contribution in [1.29, 1.82) is 0 Å². The van der Waals surface area contributed by atoms with Crippen molar-refractivity contribution in [2.75, 3.05) is 26.2 Å². The van der Waals surface area contributed by atoms with Crippen LogP contribution in [0.5, 0.6) is 5.75 Å². The third-order valence-corrected chi connectivity index (χ3v) is 3.80. The molecule has 3 nitrogen and oxygen atoms in total. The summed E-state index contributed by atoms with van der Waals surface area (Å²) in [5, 5.41) is 0. The fourth-order valence-electron chi connectivity index (χ4n) is 2.48. The highest BCUT2D eigenvalue weighted by atomic mass is 16.5. The predicted octanol–water partition coefficient (Wildman–Crippen LogP) is 3.06. The average Bonchev–Trinajstić information content (AvgIpc) is 2.45. The first-order chi connectivity index (χ1) is 9.29. The van der Waals surface area contributed by atoms with Crippen LogP contribution in [0.1, 0.15) is 24.8 Å². The Morgan fingerprint density at radius 1 is 1.47 bits per heavy atom. The Morgan fingerprint density at radius 3 is 2.95 bits per heavy atom. The maximum atomic E-state index is 5.92. The lowest BCUT2D eigenvalue weighted by Crippen LogP contribution is -2.36. The zero-order valence-corrected chi connectivity index (χ0v) is 11.8. The van der Waals surface area contributed by atoms with Crippen LogP contribution in [0.25, 0.3) is 0 Å². The largest absolute Gasteiger partial charge is 0.493 e. The average molecular weight is 260 g/mol. The van der Waals surface area contributed by atoms with Crippen LogP contribution < -0.4 is 4.74 Å². The van der Waals surface area contributed by atoms with Gasteiger partial charge in [0.2, 0.25) is 0 Å². The fourth-order valence-corrected chi connectivity index (χ4v) is 2.48. The predicted molar refractivity (Wildman–Crippen MR) is 78.4 cm³/mol. The fraction of sp³-hybridized carbons (Fsp3) is 0.562. The summed E-state index contributed by atoms with van der Waals surface area (Å²) in [5.41, 5.74) is 1.12. The second kappa shape index (κ2) is 7.29. The Labute approximate surface area is 116 Å². The molecule has 1 aromatic rings. The molecule has 2 rings (SSSR count). The number of nitrogens with zero attached hydrogens (tertiary/aromatic N) is 2. The number of rotatable bonds is 6. The first-order valence-corrected chi connectivity index (χ1v) is 7.16. The van der Waals surface area contributed by atoms with Gasteiger partial charge in [0, 0.05) is 24.5 Å². The number of hydrogen-bond donors (Lipinski definition) is 0. The van der Waals surface area contributed by atoms with Crippen molar-refractivity contribution in [3.63, 3.8) is 0 Å². The van der Waals surface area contributed by atoms with Crippen molar-refractivity contribution in [1.82, 2.24) is 9.88 Å². The lowest BCUT2D eigenvalue weighted by atomic mass is 9.97. The Kier molecular flexibility index (Phi) is 5.40. The van der Waals surface area contributed by atoms with Crippen LogP contribution >= 0.6 is 0 Å². The molecule has 0 aliphatic carbocycles. The van der Waals surface area contributed by atoms with Gasteiger partial charge in [-0.15, -0.1) is 6.58 Å². The minimum atomic E-state index is 0.688. The van der Waals surface area contributed by atoms with Gasteiger partial charge in [0.25, 0.3) is 0 Å². The first-order valence-electron chi connectivity index (χ1n) is 7.16. The molecule has 0 atom stereocenters. The maximum Gasteiger partial charge on any atom is 0.125 e. The van der Waals surface area contributed by atoms with E-state index in [2.05, 4.69) is 16.5 Å². The van der Waals surface area contributed by atoms with E-state index in [1.807, 2.05) is 25.3 Å². The number of pyridine rings is 1. The van der Waals surface area contributed by atoms with E-state index in [0.717, 1.165) is 30.9 Å². The number of hydrogen-bond acceptors (Lipinski definition) is 3. The number of aryl methyl sites for hydroxylation is 1. The lowest BCUT2D eigenvalue weighted by Gasteiger charge is -2.31. The van der Waals surface area contributed by atoms with Gasteiger partial charge in [-0.3, -0.25) is 4.98 Å². The molecule has 19 heavy (non-hydrogen) atoms. The third-order valence-electron chi connectivity index (χ3n) is 3.80. The van der Waals surface area contributed by atoms with Crippen molar-refractivity contribution in [3.05, 3.63) is 36.7 Å². The highest BCUT2D eigenvalue weighted by molar-refractivity contribution is 5.28. The van der Waals surface area contributed by atoms with Crippen molar-refractivity contribution < 1.29 is 4.74 Å². The molecule has 0 bridgehead atoms. The molecule has 1 aliphatic rings. The van der Waals surface area contributed by atoms with Crippen LogP contribution in [0, 0.1) is 12.8 Å². The van der Waals surface area contributed by atoms with Gasteiger partial charge in [0.05, 0.1) is 6.61 Å². The van der Waals surface area contributed by atoms with Crippen LogP contribution in [0.4, 0.5) is 0 Å². The van der Waals surface area contributed by atoms with E-state index in [9.17, 15) is 0 Å². The summed E-state index contributed by atoms with van der Waals surface area (Å²) in [5.74, 6) is 1.66. The second-order valence-electron chi connectivity index (χ2n) is 5.31. The lowest BCUT2D eigenvalue weighted by molar-refractivity contribution is 0.142. The van der Waals surface area contributed by atoms with Gasteiger partial charge in [-0.1, -0.05) is 6.08 Å². The minimum Gasteiger partial charge on any atom is -0.493 e. The molecule has 0 saturated carbocycles. The first kappa shape index (κ1) is 14.1. The van der Waals surface area contributed by atoms with Crippen LogP contribution in [0.3, 0.4) is 0 Å². The molecule has 0 N–H and O–H groups in total. The standard InChI is InChI=1S/C16H24N2O/c1-3-4-9-18-10-6-15(7-11-18)13-19-16-5-8-17-12-14(16)2/h3,5,8,12,15H,1,4,6-7,9-11,13H2,2H3. The molecule has 104 valence electrons. The zero-order chi connectivity index (χ0) is 13.5. The van der Waals surface area contributed by atoms with E-state index < -0.39 is 0 Å². The van der Waals surface area contributed by atoms with E-state index in [-0.39, 0.29) is 0 Å². The quantitative estimate of drug-likeness (QED) is 0.735. The van der Waals surface area contributed by atoms with Gasteiger partial charge < -0.3 is 9.64 Å². The van der Waals surface area contributed by atoms with Crippen LogP contribution in [-0.2, 0) is 0 Å². The summed E-state index contributed by atoms with van der Waals surface area (Å²) in [7, 11) is 0. The monoisotopic (exact) mass is 260 g/mol. The SMILES string of the molecule is C=CCCN1CCC(COc2ccncc2C)CC1. The number of aromatic nitrogens is 1. The van der Waals surface area contributed by atoms with Crippen LogP contribution in [0.15, 0.2) is 31.1 Å². The van der Waals surface area contributed by atoms with Crippen LogP contribution in [0.2, 0.25) is 0 Å². The van der Waals surface area contributed by atoms with Crippen molar-refractivity contribution in [2.24, 2.45) is 5.92 Å². The van der Waals surface area contributed by atoms with E-state index in [4.69, 9.17) is 4.74 Å². The molecule has 0 radical (unpaired) electrons. The molecule has 1 saturated heterocycles. The summed E-state index contributed by atoms with van der Waals surface area (Å²) in [6.07, 6.45) is 9.22. The van der Waals surface area contributed by atoms with E-state index in [0.29, 0.717) is 5.92 Å². The number of ether oxygens (including phenoxy) is 1.